The van der Waals surface area contributed by atoms with Gasteiger partial charge in [-0.3, -0.25) is 0 Å². The minimum absolute atomic E-state index is 0.115. The molecule has 0 aliphatic carbocycles. The summed E-state index contributed by atoms with van der Waals surface area (Å²) < 4.78 is 19.8. The molecule has 0 saturated carbocycles. The second-order valence-electron chi connectivity index (χ2n) is 4.18. The Morgan fingerprint density at radius 3 is 2.13 bits per heavy atom. The zero-order chi connectivity index (χ0) is 17.4. The first-order valence-corrected chi connectivity index (χ1v) is 6.65. The first-order valence-electron chi connectivity index (χ1n) is 6.65. The van der Waals surface area contributed by atoms with Gasteiger partial charge in [0.25, 0.3) is 0 Å². The van der Waals surface area contributed by atoms with Crippen molar-refractivity contribution in [3.63, 3.8) is 0 Å². The molecule has 0 aliphatic heterocycles. The number of ether oxygens (including phenoxy) is 4. The number of carbonyl (C=O) groups excluding carboxylic acids is 2. The molecule has 1 rings (SSSR count). The number of esters is 2. The van der Waals surface area contributed by atoms with Gasteiger partial charge in [-0.05, 0) is 30.7 Å². The lowest BCUT2D eigenvalue weighted by Crippen LogP contribution is -2.08. The van der Waals surface area contributed by atoms with Crippen molar-refractivity contribution >= 4 is 18.0 Å². The molecule has 1 aromatic rings. The number of methoxy groups -OCH3 is 3. The maximum absolute atomic E-state index is 11.8. The highest BCUT2D eigenvalue weighted by atomic mass is 16.5. The third kappa shape index (κ3) is 4.23. The molecule has 0 N–H and O–H groups in total. The van der Waals surface area contributed by atoms with Gasteiger partial charge >= 0.3 is 11.9 Å². The summed E-state index contributed by atoms with van der Waals surface area (Å²) in [6.45, 7) is 1.80. The molecule has 0 atom stereocenters. The molecule has 7 heteroatoms. The molecule has 122 valence electrons. The van der Waals surface area contributed by atoms with Gasteiger partial charge in [-0.2, -0.15) is 5.26 Å². The van der Waals surface area contributed by atoms with E-state index in [0.29, 0.717) is 5.56 Å². The Hall–Kier alpha value is -3.01. The standard InChI is InChI=1S/C16H17NO6/c1-5-23-15(18)11(9-17)6-10-7-12(20-2)14(16(19)22-4)13(8-10)21-3/h6-8H,5H2,1-4H3. The monoisotopic (exact) mass is 319 g/mol. The van der Waals surface area contributed by atoms with Gasteiger partial charge < -0.3 is 18.9 Å². The Kier molecular flexibility index (Phi) is 6.62. The Morgan fingerprint density at radius 2 is 1.74 bits per heavy atom. The van der Waals surface area contributed by atoms with E-state index < -0.39 is 11.9 Å². The van der Waals surface area contributed by atoms with E-state index in [2.05, 4.69) is 0 Å². The zero-order valence-corrected chi connectivity index (χ0v) is 13.3. The quantitative estimate of drug-likeness (QED) is 0.449. The maximum Gasteiger partial charge on any atom is 0.348 e. The van der Waals surface area contributed by atoms with Crippen LogP contribution in [0.3, 0.4) is 0 Å². The lowest BCUT2D eigenvalue weighted by molar-refractivity contribution is -0.137. The van der Waals surface area contributed by atoms with E-state index in [9.17, 15) is 9.59 Å². The molecule has 0 fully saturated rings. The van der Waals surface area contributed by atoms with E-state index in [-0.39, 0.29) is 29.2 Å². The fourth-order valence-corrected chi connectivity index (χ4v) is 1.83. The van der Waals surface area contributed by atoms with Gasteiger partial charge in [-0.1, -0.05) is 0 Å². The van der Waals surface area contributed by atoms with E-state index in [1.54, 1.807) is 13.0 Å². The van der Waals surface area contributed by atoms with Crippen LogP contribution < -0.4 is 9.47 Å². The van der Waals surface area contributed by atoms with Crippen LogP contribution in [-0.2, 0) is 14.3 Å². The lowest BCUT2D eigenvalue weighted by Gasteiger charge is -2.12. The van der Waals surface area contributed by atoms with Crippen molar-refractivity contribution in [2.24, 2.45) is 0 Å². The average Bonchev–Trinajstić information content (AvgIpc) is 2.57. The Morgan fingerprint density at radius 1 is 1.17 bits per heavy atom. The highest BCUT2D eigenvalue weighted by molar-refractivity contribution is 5.99. The van der Waals surface area contributed by atoms with E-state index in [1.165, 1.54) is 39.5 Å². The Bertz CT molecular complexity index is 647. The van der Waals surface area contributed by atoms with E-state index >= 15 is 0 Å². The summed E-state index contributed by atoms with van der Waals surface area (Å²) in [4.78, 5) is 23.5. The first-order chi connectivity index (χ1) is 11.0. The molecule has 7 nitrogen and oxygen atoms in total. The fraction of sp³-hybridized carbons (Fsp3) is 0.312. The number of hydrogen-bond acceptors (Lipinski definition) is 7. The lowest BCUT2D eigenvalue weighted by atomic mass is 10.1. The molecule has 0 bridgehead atoms. The average molecular weight is 319 g/mol. The van der Waals surface area contributed by atoms with Crippen LogP contribution in [0, 0.1) is 11.3 Å². The summed E-state index contributed by atoms with van der Waals surface area (Å²) in [7, 11) is 4.00. The molecule has 0 spiro atoms. The molecule has 0 heterocycles. The zero-order valence-electron chi connectivity index (χ0n) is 13.3. The molecule has 0 unspecified atom stereocenters. The molecular weight excluding hydrogens is 302 g/mol. The number of nitrogens with zero attached hydrogens (tertiary/aromatic N) is 1. The molecule has 0 aromatic heterocycles. The van der Waals surface area contributed by atoms with Crippen LogP contribution in [0.5, 0.6) is 11.5 Å². The number of rotatable bonds is 6. The number of hydrogen-bond donors (Lipinski definition) is 0. The molecule has 0 aliphatic rings. The smallest absolute Gasteiger partial charge is 0.348 e. The topological polar surface area (TPSA) is 94.9 Å². The number of carbonyl (C=O) groups is 2. The second kappa shape index (κ2) is 8.44. The van der Waals surface area contributed by atoms with Crippen molar-refractivity contribution in [3.8, 4) is 17.6 Å². The molecule has 0 saturated heterocycles. The van der Waals surface area contributed by atoms with Crippen LogP contribution in [0.4, 0.5) is 0 Å². The molecule has 1 aromatic carbocycles. The summed E-state index contributed by atoms with van der Waals surface area (Å²) >= 11 is 0. The van der Waals surface area contributed by atoms with E-state index in [4.69, 9.17) is 24.2 Å². The normalized spacial score (nSPS) is 10.5. The van der Waals surface area contributed by atoms with Gasteiger partial charge in [-0.25, -0.2) is 9.59 Å². The van der Waals surface area contributed by atoms with E-state index in [1.807, 2.05) is 0 Å². The molecule has 0 radical (unpaired) electrons. The fourth-order valence-electron chi connectivity index (χ4n) is 1.83. The summed E-state index contributed by atoms with van der Waals surface area (Å²) in [5.74, 6) is -0.961. The van der Waals surface area contributed by atoms with Crippen LogP contribution in [0.2, 0.25) is 0 Å². The highest BCUT2D eigenvalue weighted by Gasteiger charge is 2.20. The summed E-state index contributed by atoms with van der Waals surface area (Å²) in [6.07, 6.45) is 1.32. The first kappa shape index (κ1) is 18.0. The Labute approximate surface area is 134 Å². The van der Waals surface area contributed by atoms with Gasteiger partial charge in [0.1, 0.15) is 28.7 Å². The summed E-state index contributed by atoms with van der Waals surface area (Å²) in [5.41, 5.74) is 0.377. The van der Waals surface area contributed by atoms with Crippen LogP contribution in [0.25, 0.3) is 6.08 Å². The van der Waals surface area contributed by atoms with Crippen LogP contribution in [0.15, 0.2) is 17.7 Å². The maximum atomic E-state index is 11.8. The SMILES string of the molecule is CCOC(=O)C(C#N)=Cc1cc(OC)c(C(=O)OC)c(OC)c1. The minimum Gasteiger partial charge on any atom is -0.496 e. The second-order valence-corrected chi connectivity index (χ2v) is 4.18. The van der Waals surface area contributed by atoms with Crippen molar-refractivity contribution in [2.75, 3.05) is 27.9 Å². The number of benzene rings is 1. The molecule has 23 heavy (non-hydrogen) atoms. The molecular formula is C16H17NO6. The number of nitriles is 1. The van der Waals surface area contributed by atoms with Gasteiger partial charge in [0.15, 0.2) is 0 Å². The third-order valence-electron chi connectivity index (χ3n) is 2.84. The van der Waals surface area contributed by atoms with Crippen molar-refractivity contribution < 1.29 is 28.5 Å². The van der Waals surface area contributed by atoms with Crippen molar-refractivity contribution in [2.45, 2.75) is 6.92 Å². The van der Waals surface area contributed by atoms with Gasteiger partial charge in [-0.15, -0.1) is 0 Å². The molecule has 0 amide bonds. The van der Waals surface area contributed by atoms with Crippen molar-refractivity contribution in [1.82, 2.24) is 0 Å². The third-order valence-corrected chi connectivity index (χ3v) is 2.84. The largest absolute Gasteiger partial charge is 0.496 e. The van der Waals surface area contributed by atoms with E-state index in [0.717, 1.165) is 0 Å². The van der Waals surface area contributed by atoms with Crippen LogP contribution >= 0.6 is 0 Å². The predicted molar refractivity (Wildman–Crippen MR) is 81.1 cm³/mol. The minimum atomic E-state index is -0.732. The summed E-state index contributed by atoms with van der Waals surface area (Å²) in [5, 5.41) is 9.06. The summed E-state index contributed by atoms with van der Waals surface area (Å²) in [6, 6.07) is 4.75. The van der Waals surface area contributed by atoms with Crippen molar-refractivity contribution in [1.29, 1.82) is 5.26 Å². The van der Waals surface area contributed by atoms with Crippen molar-refractivity contribution in [3.05, 3.63) is 28.8 Å². The van der Waals surface area contributed by atoms with Gasteiger partial charge in [0.05, 0.1) is 27.9 Å². The van der Waals surface area contributed by atoms with Gasteiger partial charge in [0, 0.05) is 0 Å². The Balaban J connectivity index is 3.42. The predicted octanol–water partition coefficient (Wildman–Crippen LogP) is 1.96. The van der Waals surface area contributed by atoms with Gasteiger partial charge in [0.2, 0.25) is 0 Å². The highest BCUT2D eigenvalue weighted by Crippen LogP contribution is 2.32. The van der Waals surface area contributed by atoms with Crippen LogP contribution in [-0.4, -0.2) is 39.9 Å². The van der Waals surface area contributed by atoms with Crippen LogP contribution in [0.1, 0.15) is 22.8 Å².